The summed E-state index contributed by atoms with van der Waals surface area (Å²) in [4.78, 5) is 4.43. The maximum atomic E-state index is 13.0. The van der Waals surface area contributed by atoms with Crippen molar-refractivity contribution in [2.45, 2.75) is 32.2 Å². The molecule has 1 aromatic rings. The second-order valence-corrected chi connectivity index (χ2v) is 4.21. The molecule has 86 valence electrons. The molecule has 0 saturated carbocycles. The summed E-state index contributed by atoms with van der Waals surface area (Å²) in [5.41, 5.74) is 0.966. The zero-order valence-electron chi connectivity index (χ0n) is 9.54. The van der Waals surface area contributed by atoms with Gasteiger partial charge in [0.2, 0.25) is 0 Å². The molecule has 16 heavy (non-hydrogen) atoms. The standard InChI is InChI=1S/C13H17FN2/c1-10(11-5-4-6-12(14)9-11)16-13-7-2-3-8-15-13/h4-6,9-10H,2-3,7-8H2,1H3,(H,15,16)/t10-/m1/s1. The van der Waals surface area contributed by atoms with Gasteiger partial charge < -0.3 is 5.32 Å². The molecule has 0 radical (unpaired) electrons. The zero-order valence-corrected chi connectivity index (χ0v) is 9.54. The maximum absolute atomic E-state index is 13.0. The molecule has 3 heteroatoms. The zero-order chi connectivity index (χ0) is 11.4. The lowest BCUT2D eigenvalue weighted by atomic mass is 10.1. The molecule has 0 amide bonds. The van der Waals surface area contributed by atoms with Gasteiger partial charge in [0.05, 0.1) is 5.84 Å². The predicted octanol–water partition coefficient (Wildman–Crippen LogP) is 3.06. The van der Waals surface area contributed by atoms with Gasteiger partial charge in [-0.05, 0) is 37.5 Å². The second kappa shape index (κ2) is 5.10. The van der Waals surface area contributed by atoms with Crippen LogP contribution in [0.1, 0.15) is 37.8 Å². The fraction of sp³-hybridized carbons (Fsp3) is 0.462. The summed E-state index contributed by atoms with van der Waals surface area (Å²) in [7, 11) is 0. The number of hydrogen-bond donors (Lipinski definition) is 1. The highest BCUT2D eigenvalue weighted by atomic mass is 19.1. The summed E-state index contributed by atoms with van der Waals surface area (Å²) in [6, 6.07) is 6.83. The third-order valence-electron chi connectivity index (χ3n) is 2.86. The molecule has 1 N–H and O–H groups in total. The Balaban J connectivity index is 2.02. The Labute approximate surface area is 95.6 Å². The van der Waals surface area contributed by atoms with E-state index in [4.69, 9.17) is 0 Å². The molecule has 1 aromatic carbocycles. The number of benzene rings is 1. The number of nitrogens with one attached hydrogen (secondary N) is 1. The van der Waals surface area contributed by atoms with E-state index < -0.39 is 0 Å². The van der Waals surface area contributed by atoms with Crippen LogP contribution in [-0.4, -0.2) is 12.4 Å². The van der Waals surface area contributed by atoms with Gasteiger partial charge in [0.1, 0.15) is 5.82 Å². The molecule has 0 aromatic heterocycles. The molecule has 0 saturated heterocycles. The monoisotopic (exact) mass is 220 g/mol. The molecule has 0 bridgehead atoms. The number of halogens is 1. The first kappa shape index (κ1) is 11.1. The Morgan fingerprint density at radius 3 is 2.94 bits per heavy atom. The molecule has 0 fully saturated rings. The second-order valence-electron chi connectivity index (χ2n) is 4.21. The van der Waals surface area contributed by atoms with E-state index in [0.29, 0.717) is 0 Å². The highest BCUT2D eigenvalue weighted by Crippen LogP contribution is 2.15. The normalized spacial score (nSPS) is 17.8. The van der Waals surface area contributed by atoms with E-state index in [-0.39, 0.29) is 11.9 Å². The van der Waals surface area contributed by atoms with Gasteiger partial charge in [-0.15, -0.1) is 0 Å². The first-order valence-electron chi connectivity index (χ1n) is 5.81. The van der Waals surface area contributed by atoms with E-state index in [9.17, 15) is 4.39 Å². The molecule has 0 aliphatic carbocycles. The van der Waals surface area contributed by atoms with Crippen molar-refractivity contribution in [3.63, 3.8) is 0 Å². The van der Waals surface area contributed by atoms with Crippen LogP contribution in [0.2, 0.25) is 0 Å². The number of amidine groups is 1. The van der Waals surface area contributed by atoms with Gasteiger partial charge in [-0.2, -0.15) is 0 Å². The van der Waals surface area contributed by atoms with Crippen molar-refractivity contribution in [1.82, 2.24) is 5.32 Å². The molecule has 0 spiro atoms. The van der Waals surface area contributed by atoms with Gasteiger partial charge in [0, 0.05) is 19.0 Å². The lowest BCUT2D eigenvalue weighted by molar-refractivity contribution is 0.613. The summed E-state index contributed by atoms with van der Waals surface area (Å²) < 4.78 is 13.0. The first-order chi connectivity index (χ1) is 7.75. The number of hydrogen-bond acceptors (Lipinski definition) is 2. The van der Waals surface area contributed by atoms with Crippen LogP contribution in [0.25, 0.3) is 0 Å². The Kier molecular flexibility index (Phi) is 3.54. The van der Waals surface area contributed by atoms with Gasteiger partial charge in [0.25, 0.3) is 0 Å². The molecular weight excluding hydrogens is 203 g/mol. The third-order valence-corrected chi connectivity index (χ3v) is 2.86. The average molecular weight is 220 g/mol. The fourth-order valence-electron chi connectivity index (χ4n) is 1.92. The first-order valence-corrected chi connectivity index (χ1v) is 5.81. The summed E-state index contributed by atoms with van der Waals surface area (Å²) in [5.74, 6) is 0.875. The summed E-state index contributed by atoms with van der Waals surface area (Å²) in [6.45, 7) is 2.95. The number of aliphatic imine (C=N–C) groups is 1. The minimum absolute atomic E-state index is 0.118. The average Bonchev–Trinajstić information content (AvgIpc) is 2.30. The van der Waals surface area contributed by atoms with Crippen molar-refractivity contribution in [2.24, 2.45) is 4.99 Å². The lowest BCUT2D eigenvalue weighted by Gasteiger charge is -2.19. The van der Waals surface area contributed by atoms with Crippen molar-refractivity contribution in [2.75, 3.05) is 6.54 Å². The summed E-state index contributed by atoms with van der Waals surface area (Å²) in [6.07, 6.45) is 3.39. The highest BCUT2D eigenvalue weighted by molar-refractivity contribution is 5.83. The Morgan fingerprint density at radius 1 is 1.38 bits per heavy atom. The molecule has 1 heterocycles. The molecule has 1 atom stereocenters. The fourth-order valence-corrected chi connectivity index (χ4v) is 1.92. The van der Waals surface area contributed by atoms with Crippen molar-refractivity contribution < 1.29 is 4.39 Å². The van der Waals surface area contributed by atoms with Crippen LogP contribution in [0.3, 0.4) is 0 Å². The lowest BCUT2D eigenvalue weighted by Crippen LogP contribution is -2.28. The smallest absolute Gasteiger partial charge is 0.123 e. The third kappa shape index (κ3) is 2.81. The predicted molar refractivity (Wildman–Crippen MR) is 64.1 cm³/mol. The number of nitrogens with zero attached hydrogens (tertiary/aromatic N) is 1. The molecule has 0 unspecified atom stereocenters. The van der Waals surface area contributed by atoms with E-state index >= 15 is 0 Å². The minimum atomic E-state index is -0.184. The van der Waals surface area contributed by atoms with E-state index in [1.165, 1.54) is 18.9 Å². The van der Waals surface area contributed by atoms with Crippen molar-refractivity contribution in [3.05, 3.63) is 35.6 Å². The van der Waals surface area contributed by atoms with Crippen LogP contribution in [0.15, 0.2) is 29.3 Å². The van der Waals surface area contributed by atoms with Crippen LogP contribution in [-0.2, 0) is 0 Å². The van der Waals surface area contributed by atoms with Gasteiger partial charge >= 0.3 is 0 Å². The highest BCUT2D eigenvalue weighted by Gasteiger charge is 2.10. The van der Waals surface area contributed by atoms with Crippen LogP contribution < -0.4 is 5.32 Å². The van der Waals surface area contributed by atoms with Gasteiger partial charge in [-0.3, -0.25) is 4.99 Å². The van der Waals surface area contributed by atoms with Crippen LogP contribution in [0.5, 0.6) is 0 Å². The van der Waals surface area contributed by atoms with E-state index in [2.05, 4.69) is 10.3 Å². The summed E-state index contributed by atoms with van der Waals surface area (Å²) in [5, 5.41) is 3.35. The molecule has 2 rings (SSSR count). The Morgan fingerprint density at radius 2 is 2.25 bits per heavy atom. The van der Waals surface area contributed by atoms with Crippen molar-refractivity contribution >= 4 is 5.84 Å². The molecular formula is C13H17FN2. The molecule has 1 aliphatic rings. The Hall–Kier alpha value is -1.38. The quantitative estimate of drug-likeness (QED) is 0.814. The topological polar surface area (TPSA) is 24.4 Å². The SMILES string of the molecule is C[C@@H](NC1=NCCCC1)c1cccc(F)c1. The van der Waals surface area contributed by atoms with Crippen molar-refractivity contribution in [1.29, 1.82) is 0 Å². The number of rotatable bonds is 2. The van der Waals surface area contributed by atoms with Crippen molar-refractivity contribution in [3.8, 4) is 0 Å². The summed E-state index contributed by atoms with van der Waals surface area (Å²) >= 11 is 0. The largest absolute Gasteiger partial charge is 0.367 e. The Bertz CT molecular complexity index is 387. The molecule has 2 nitrogen and oxygen atoms in total. The maximum Gasteiger partial charge on any atom is 0.123 e. The van der Waals surface area contributed by atoms with Gasteiger partial charge in [0.15, 0.2) is 0 Å². The van der Waals surface area contributed by atoms with E-state index in [1.54, 1.807) is 12.1 Å². The van der Waals surface area contributed by atoms with Crippen LogP contribution >= 0.6 is 0 Å². The molecule has 1 aliphatic heterocycles. The van der Waals surface area contributed by atoms with Crippen LogP contribution in [0.4, 0.5) is 4.39 Å². The van der Waals surface area contributed by atoms with E-state index in [1.807, 2.05) is 13.0 Å². The van der Waals surface area contributed by atoms with E-state index in [0.717, 1.165) is 24.4 Å². The van der Waals surface area contributed by atoms with Crippen LogP contribution in [0, 0.1) is 5.82 Å². The minimum Gasteiger partial charge on any atom is -0.367 e. The van der Waals surface area contributed by atoms with Gasteiger partial charge in [-0.25, -0.2) is 4.39 Å². The van der Waals surface area contributed by atoms with Gasteiger partial charge in [-0.1, -0.05) is 12.1 Å².